The zero-order valence-corrected chi connectivity index (χ0v) is 7.03. The molecule has 4 nitrogen and oxygen atoms in total. The molecule has 0 saturated carbocycles. The van der Waals surface area contributed by atoms with E-state index in [1.54, 1.807) is 18.7 Å². The molecule has 5 heteroatoms. The van der Waals surface area contributed by atoms with Crippen LogP contribution in [0, 0.1) is 0 Å². The summed E-state index contributed by atoms with van der Waals surface area (Å²) >= 11 is 1.54. The first kappa shape index (κ1) is 8.26. The van der Waals surface area contributed by atoms with E-state index in [0.29, 0.717) is 6.61 Å². The number of thioether (sulfide) groups is 1. The molecule has 0 aromatic carbocycles. The molecular formula is C6H10N2O2S. The lowest BCUT2D eigenvalue weighted by atomic mass is 10.6. The maximum atomic E-state index is 10.4. The molecule has 0 aliphatic carbocycles. The third kappa shape index (κ3) is 2.34. The highest BCUT2D eigenvalue weighted by molar-refractivity contribution is 8.03. The van der Waals surface area contributed by atoms with Crippen molar-refractivity contribution in [2.45, 2.75) is 6.92 Å². The van der Waals surface area contributed by atoms with Gasteiger partial charge in [-0.25, -0.2) is 4.79 Å². The van der Waals surface area contributed by atoms with Gasteiger partial charge in [0, 0.05) is 5.75 Å². The van der Waals surface area contributed by atoms with Gasteiger partial charge >= 0.3 is 6.03 Å². The fraction of sp³-hybridized carbons (Fsp3) is 0.500. The van der Waals surface area contributed by atoms with Crippen LogP contribution in [0.1, 0.15) is 6.92 Å². The average Bonchev–Trinajstić information content (AvgIpc) is 1.93. The van der Waals surface area contributed by atoms with Crippen LogP contribution >= 0.6 is 11.8 Å². The summed E-state index contributed by atoms with van der Waals surface area (Å²) in [5.74, 6) is 1.59. The van der Waals surface area contributed by atoms with Crippen LogP contribution < -0.4 is 11.1 Å². The summed E-state index contributed by atoms with van der Waals surface area (Å²) in [5, 5.41) is 3.21. The van der Waals surface area contributed by atoms with E-state index in [9.17, 15) is 4.79 Å². The molecule has 0 unspecified atom stereocenters. The molecule has 0 radical (unpaired) electrons. The molecule has 1 aliphatic heterocycles. The van der Waals surface area contributed by atoms with Gasteiger partial charge in [0.15, 0.2) is 0 Å². The lowest BCUT2D eigenvalue weighted by Gasteiger charge is -2.17. The van der Waals surface area contributed by atoms with E-state index in [2.05, 4.69) is 5.32 Å². The minimum absolute atomic E-state index is 0.544. The van der Waals surface area contributed by atoms with Gasteiger partial charge in [-0.3, -0.25) is 5.32 Å². The largest absolute Gasteiger partial charge is 0.495 e. The number of rotatable bonds is 1. The van der Waals surface area contributed by atoms with Crippen molar-refractivity contribution in [3.63, 3.8) is 0 Å². The minimum atomic E-state index is -0.544. The highest BCUT2D eigenvalue weighted by atomic mass is 32.2. The van der Waals surface area contributed by atoms with Crippen molar-refractivity contribution in [1.82, 2.24) is 5.32 Å². The van der Waals surface area contributed by atoms with Crippen LogP contribution in [0.15, 0.2) is 10.8 Å². The number of nitrogens with two attached hydrogens (primary N) is 1. The summed E-state index contributed by atoms with van der Waals surface area (Å²) < 4.78 is 5.18. The summed E-state index contributed by atoms with van der Waals surface area (Å²) in [5.41, 5.74) is 4.93. The summed E-state index contributed by atoms with van der Waals surface area (Å²) in [6.07, 6.45) is 0. The second-order valence-corrected chi connectivity index (χ2v) is 3.18. The van der Waals surface area contributed by atoms with E-state index in [-0.39, 0.29) is 0 Å². The summed E-state index contributed by atoms with van der Waals surface area (Å²) in [4.78, 5) is 10.4. The lowest BCUT2D eigenvalue weighted by molar-refractivity contribution is 0.225. The van der Waals surface area contributed by atoms with Gasteiger partial charge in [0.05, 0.1) is 6.61 Å². The number of urea groups is 1. The summed E-state index contributed by atoms with van der Waals surface area (Å²) in [6.45, 7) is 2.50. The first-order valence-corrected chi connectivity index (χ1v) is 4.21. The van der Waals surface area contributed by atoms with E-state index >= 15 is 0 Å². The average molecular weight is 174 g/mol. The Balaban J connectivity index is 2.59. The lowest BCUT2D eigenvalue weighted by Crippen LogP contribution is -2.29. The molecule has 0 bridgehead atoms. The van der Waals surface area contributed by atoms with E-state index in [1.165, 1.54) is 0 Å². The monoisotopic (exact) mass is 174 g/mol. The molecule has 1 aliphatic rings. The Labute approximate surface area is 69.2 Å². The van der Waals surface area contributed by atoms with E-state index in [1.807, 2.05) is 0 Å². The second-order valence-electron chi connectivity index (χ2n) is 2.07. The highest BCUT2D eigenvalue weighted by Crippen LogP contribution is 2.22. The number of carbonyl (C=O) groups excluding carboxylic acids is 1. The number of primary amides is 1. The quantitative estimate of drug-likeness (QED) is 0.612. The van der Waals surface area contributed by atoms with Crippen LogP contribution in [0.4, 0.5) is 4.79 Å². The molecule has 0 atom stereocenters. The predicted octanol–water partition coefficient (Wildman–Crippen LogP) is 0.607. The Morgan fingerprint density at radius 3 is 3.09 bits per heavy atom. The highest BCUT2D eigenvalue weighted by Gasteiger charge is 2.11. The third-order valence-electron chi connectivity index (χ3n) is 1.20. The van der Waals surface area contributed by atoms with Crippen LogP contribution in [0.5, 0.6) is 0 Å². The molecule has 0 aromatic rings. The number of carbonyl (C=O) groups is 1. The second kappa shape index (κ2) is 3.52. The number of amides is 2. The molecule has 11 heavy (non-hydrogen) atoms. The first-order valence-electron chi connectivity index (χ1n) is 3.23. The molecule has 1 rings (SSSR count). The number of hydrogen-bond acceptors (Lipinski definition) is 3. The molecule has 62 valence electrons. The number of allylic oxidation sites excluding steroid dienone is 1. The van der Waals surface area contributed by atoms with Gasteiger partial charge in [-0.15, -0.1) is 11.8 Å². The van der Waals surface area contributed by atoms with Crippen molar-refractivity contribution < 1.29 is 9.53 Å². The van der Waals surface area contributed by atoms with Crippen molar-refractivity contribution >= 4 is 17.8 Å². The van der Waals surface area contributed by atoms with Gasteiger partial charge in [0.2, 0.25) is 0 Å². The van der Waals surface area contributed by atoms with Crippen molar-refractivity contribution in [3.05, 3.63) is 10.8 Å². The van der Waals surface area contributed by atoms with Crippen LogP contribution in [0.2, 0.25) is 0 Å². The SMILES string of the molecule is CC1=C(NC(N)=O)SCCO1. The summed E-state index contributed by atoms with van der Waals surface area (Å²) in [6, 6.07) is -0.544. The van der Waals surface area contributed by atoms with Gasteiger partial charge in [0.25, 0.3) is 0 Å². The fourth-order valence-electron chi connectivity index (χ4n) is 0.742. The third-order valence-corrected chi connectivity index (χ3v) is 2.25. The molecule has 0 spiro atoms. The number of ether oxygens (including phenoxy) is 1. The topological polar surface area (TPSA) is 64.3 Å². The molecular weight excluding hydrogens is 164 g/mol. The maximum absolute atomic E-state index is 10.4. The molecule has 3 N–H and O–H groups in total. The Morgan fingerprint density at radius 1 is 1.82 bits per heavy atom. The zero-order chi connectivity index (χ0) is 8.27. The maximum Gasteiger partial charge on any atom is 0.317 e. The van der Waals surface area contributed by atoms with Crippen molar-refractivity contribution in [2.75, 3.05) is 12.4 Å². The molecule has 0 aromatic heterocycles. The van der Waals surface area contributed by atoms with E-state index in [0.717, 1.165) is 16.5 Å². The Kier molecular flexibility index (Phi) is 2.64. The van der Waals surface area contributed by atoms with Gasteiger partial charge in [-0.1, -0.05) is 0 Å². The zero-order valence-electron chi connectivity index (χ0n) is 6.22. The van der Waals surface area contributed by atoms with Crippen LogP contribution in [0.25, 0.3) is 0 Å². The summed E-state index contributed by atoms with van der Waals surface area (Å²) in [7, 11) is 0. The van der Waals surface area contributed by atoms with Crippen LogP contribution in [-0.4, -0.2) is 18.4 Å². The standard InChI is InChI=1S/C6H10N2O2S/c1-4-5(8-6(7)9)11-3-2-10-4/h2-3H2,1H3,(H3,7,8,9). The van der Waals surface area contributed by atoms with E-state index in [4.69, 9.17) is 10.5 Å². The van der Waals surface area contributed by atoms with Crippen LogP contribution in [-0.2, 0) is 4.74 Å². The predicted molar refractivity (Wildman–Crippen MR) is 43.8 cm³/mol. The van der Waals surface area contributed by atoms with Gasteiger partial charge in [-0.05, 0) is 6.92 Å². The van der Waals surface area contributed by atoms with Crippen LogP contribution in [0.3, 0.4) is 0 Å². The fourth-order valence-corrected chi connectivity index (χ4v) is 1.55. The Bertz CT molecular complexity index is 203. The number of nitrogens with one attached hydrogen (secondary N) is 1. The normalized spacial score (nSPS) is 17.5. The Morgan fingerprint density at radius 2 is 2.55 bits per heavy atom. The Hall–Kier alpha value is -0.840. The van der Waals surface area contributed by atoms with Crippen molar-refractivity contribution in [3.8, 4) is 0 Å². The van der Waals surface area contributed by atoms with Gasteiger partial charge in [0.1, 0.15) is 10.8 Å². The van der Waals surface area contributed by atoms with Crippen molar-refractivity contribution in [1.29, 1.82) is 0 Å². The van der Waals surface area contributed by atoms with Crippen molar-refractivity contribution in [2.24, 2.45) is 5.73 Å². The minimum Gasteiger partial charge on any atom is -0.495 e. The molecule has 0 fully saturated rings. The molecule has 1 heterocycles. The first-order chi connectivity index (χ1) is 5.20. The van der Waals surface area contributed by atoms with Gasteiger partial charge in [-0.2, -0.15) is 0 Å². The smallest absolute Gasteiger partial charge is 0.317 e. The van der Waals surface area contributed by atoms with Gasteiger partial charge < -0.3 is 10.5 Å². The van der Waals surface area contributed by atoms with E-state index < -0.39 is 6.03 Å². The molecule has 2 amide bonds. The molecule has 0 saturated heterocycles. The number of hydrogen-bond donors (Lipinski definition) is 2.